The first-order valence-corrected chi connectivity index (χ1v) is 8.64. The summed E-state index contributed by atoms with van der Waals surface area (Å²) >= 11 is 0. The molecule has 9 nitrogen and oxygen atoms in total. The summed E-state index contributed by atoms with van der Waals surface area (Å²) < 4.78 is 0. The molecule has 3 rings (SSSR count). The molecule has 2 aliphatic heterocycles. The minimum absolute atomic E-state index is 0.232. The number of rotatable bonds is 6. The molecular formula is C16H23N6O3+. The van der Waals surface area contributed by atoms with Gasteiger partial charge in [-0.15, -0.1) is 0 Å². The molecule has 0 aromatic carbocycles. The highest BCUT2D eigenvalue weighted by Gasteiger charge is 2.45. The number of carbonyl (C=O) groups excluding carboxylic acids is 3. The fourth-order valence-electron chi connectivity index (χ4n) is 3.06. The first-order valence-electron chi connectivity index (χ1n) is 8.64. The van der Waals surface area contributed by atoms with Gasteiger partial charge in [0.15, 0.2) is 6.67 Å². The number of nitrogens with zero attached hydrogens (tertiary/aromatic N) is 5. The second-order valence-corrected chi connectivity index (χ2v) is 6.27. The normalized spacial score (nSPS) is 19.2. The Kier molecular flexibility index (Phi) is 5.22. The summed E-state index contributed by atoms with van der Waals surface area (Å²) in [6, 6.07) is 1.29. The van der Waals surface area contributed by atoms with Crippen LogP contribution in [-0.4, -0.2) is 77.0 Å². The van der Waals surface area contributed by atoms with Gasteiger partial charge in [0.2, 0.25) is 5.95 Å². The van der Waals surface area contributed by atoms with Gasteiger partial charge in [0.25, 0.3) is 0 Å². The Labute approximate surface area is 146 Å². The average Bonchev–Trinajstić information content (AvgIpc) is 2.85. The Morgan fingerprint density at radius 2 is 1.68 bits per heavy atom. The first kappa shape index (κ1) is 17.3. The van der Waals surface area contributed by atoms with Crippen molar-refractivity contribution in [1.29, 1.82) is 0 Å². The standard InChI is InChI=1S/C16H22N6O3/c1-2-3-7-21-13(23)14(24)22(16(21)25)12-19-8-10-20(11-9-19)15-17-5-4-6-18-15/h4-6H,2-3,7-12H2,1H3/p+1. The molecule has 134 valence electrons. The number of hydrogen-bond donors (Lipinski definition) is 1. The van der Waals surface area contributed by atoms with E-state index in [1.165, 1.54) is 0 Å². The lowest BCUT2D eigenvalue weighted by Gasteiger charge is -2.33. The van der Waals surface area contributed by atoms with Crippen LogP contribution >= 0.6 is 0 Å². The van der Waals surface area contributed by atoms with Crippen LogP contribution in [-0.2, 0) is 9.59 Å². The Morgan fingerprint density at radius 1 is 1.04 bits per heavy atom. The molecule has 1 aromatic rings. The van der Waals surface area contributed by atoms with Crippen LogP contribution in [0.2, 0.25) is 0 Å². The molecule has 0 spiro atoms. The van der Waals surface area contributed by atoms with Gasteiger partial charge in [0, 0.05) is 18.9 Å². The van der Waals surface area contributed by atoms with Crippen LogP contribution in [0.5, 0.6) is 0 Å². The highest BCUT2D eigenvalue weighted by atomic mass is 16.2. The van der Waals surface area contributed by atoms with Crippen LogP contribution < -0.4 is 9.80 Å². The topological polar surface area (TPSA) is 91.2 Å². The maximum absolute atomic E-state index is 12.4. The fourth-order valence-corrected chi connectivity index (χ4v) is 3.06. The second kappa shape index (κ2) is 7.56. The third-order valence-electron chi connectivity index (χ3n) is 4.56. The number of urea groups is 1. The molecule has 3 heterocycles. The molecule has 0 bridgehead atoms. The van der Waals surface area contributed by atoms with Crippen LogP contribution in [0.1, 0.15) is 19.8 Å². The molecule has 1 N–H and O–H groups in total. The predicted octanol–water partition coefficient (Wildman–Crippen LogP) is -1.27. The number of amides is 4. The van der Waals surface area contributed by atoms with Crippen molar-refractivity contribution in [2.45, 2.75) is 19.8 Å². The molecule has 0 aliphatic carbocycles. The van der Waals surface area contributed by atoms with E-state index in [-0.39, 0.29) is 6.67 Å². The van der Waals surface area contributed by atoms with Gasteiger partial charge in [-0.2, -0.15) is 0 Å². The van der Waals surface area contributed by atoms with Crippen molar-refractivity contribution < 1.29 is 19.3 Å². The van der Waals surface area contributed by atoms with Gasteiger partial charge < -0.3 is 9.80 Å². The predicted molar refractivity (Wildman–Crippen MR) is 88.7 cm³/mol. The number of unbranched alkanes of at least 4 members (excludes halogenated alkanes) is 1. The molecule has 0 unspecified atom stereocenters. The Bertz CT molecular complexity index is 645. The summed E-state index contributed by atoms with van der Waals surface area (Å²) in [6.45, 7) is 5.49. The summed E-state index contributed by atoms with van der Waals surface area (Å²) in [7, 11) is 0. The van der Waals surface area contributed by atoms with Gasteiger partial charge in [-0.3, -0.25) is 14.5 Å². The third-order valence-corrected chi connectivity index (χ3v) is 4.56. The molecular weight excluding hydrogens is 324 g/mol. The maximum atomic E-state index is 12.4. The number of nitrogens with one attached hydrogen (secondary N) is 1. The van der Waals surface area contributed by atoms with Crippen molar-refractivity contribution in [3.63, 3.8) is 0 Å². The molecule has 9 heteroatoms. The lowest BCUT2D eigenvalue weighted by Crippen LogP contribution is -3.16. The zero-order chi connectivity index (χ0) is 17.8. The molecule has 25 heavy (non-hydrogen) atoms. The zero-order valence-corrected chi connectivity index (χ0v) is 14.3. The third kappa shape index (κ3) is 3.60. The van der Waals surface area contributed by atoms with Crippen LogP contribution in [0.25, 0.3) is 0 Å². The van der Waals surface area contributed by atoms with E-state index < -0.39 is 17.8 Å². The highest BCUT2D eigenvalue weighted by Crippen LogP contribution is 2.12. The molecule has 0 saturated carbocycles. The number of hydrogen-bond acceptors (Lipinski definition) is 6. The number of aromatic nitrogens is 2. The van der Waals surface area contributed by atoms with E-state index in [0.29, 0.717) is 18.9 Å². The molecule has 2 saturated heterocycles. The van der Waals surface area contributed by atoms with E-state index in [0.717, 1.165) is 47.3 Å². The van der Waals surface area contributed by atoms with E-state index in [2.05, 4.69) is 14.9 Å². The molecule has 4 amide bonds. The molecule has 2 aliphatic rings. The smallest absolute Gasteiger partial charge is 0.330 e. The van der Waals surface area contributed by atoms with Gasteiger partial charge in [0.1, 0.15) is 0 Å². The van der Waals surface area contributed by atoms with Crippen molar-refractivity contribution in [2.24, 2.45) is 0 Å². The quantitative estimate of drug-likeness (QED) is 0.510. The van der Waals surface area contributed by atoms with Crippen LogP contribution in [0.3, 0.4) is 0 Å². The van der Waals surface area contributed by atoms with E-state index in [1.807, 2.05) is 6.92 Å². The van der Waals surface area contributed by atoms with Gasteiger partial charge in [-0.1, -0.05) is 13.3 Å². The summed E-state index contributed by atoms with van der Waals surface area (Å²) in [6.07, 6.45) is 4.99. The lowest BCUT2D eigenvalue weighted by molar-refractivity contribution is -0.907. The van der Waals surface area contributed by atoms with Gasteiger partial charge >= 0.3 is 17.8 Å². The Balaban J connectivity index is 1.56. The number of carbonyl (C=O) groups is 3. The number of quaternary nitrogens is 1. The highest BCUT2D eigenvalue weighted by molar-refractivity contribution is 6.44. The largest absolute Gasteiger partial charge is 0.338 e. The SMILES string of the molecule is CCCCN1C(=O)C(=O)N(C[NH+]2CCN(c3ncccn3)CC2)C1=O. The van der Waals surface area contributed by atoms with Crippen molar-refractivity contribution in [2.75, 3.05) is 44.3 Å². The maximum Gasteiger partial charge on any atom is 0.338 e. The van der Waals surface area contributed by atoms with Crippen molar-refractivity contribution in [3.8, 4) is 0 Å². The van der Waals surface area contributed by atoms with Crippen LogP contribution in [0, 0.1) is 0 Å². The average molecular weight is 347 g/mol. The Hall–Kier alpha value is -2.55. The van der Waals surface area contributed by atoms with Crippen LogP contribution in [0.15, 0.2) is 18.5 Å². The first-order chi connectivity index (χ1) is 12.1. The fraction of sp³-hybridized carbons (Fsp3) is 0.562. The lowest BCUT2D eigenvalue weighted by atomic mass is 10.3. The number of anilines is 1. The van der Waals surface area contributed by atoms with Crippen molar-refractivity contribution >= 4 is 23.8 Å². The van der Waals surface area contributed by atoms with Gasteiger partial charge in [-0.05, 0) is 12.5 Å². The van der Waals surface area contributed by atoms with Crippen molar-refractivity contribution in [3.05, 3.63) is 18.5 Å². The summed E-state index contributed by atoms with van der Waals surface area (Å²) in [4.78, 5) is 50.3. The van der Waals surface area contributed by atoms with Gasteiger partial charge in [0.05, 0.1) is 26.2 Å². The van der Waals surface area contributed by atoms with Crippen LogP contribution in [0.4, 0.5) is 10.7 Å². The summed E-state index contributed by atoms with van der Waals surface area (Å²) in [5, 5.41) is 0. The molecule has 0 radical (unpaired) electrons. The number of piperazine rings is 1. The molecule has 2 fully saturated rings. The summed E-state index contributed by atoms with van der Waals surface area (Å²) in [5.41, 5.74) is 0. The van der Waals surface area contributed by atoms with E-state index in [1.54, 1.807) is 18.5 Å². The van der Waals surface area contributed by atoms with E-state index in [4.69, 9.17) is 0 Å². The monoisotopic (exact) mass is 347 g/mol. The zero-order valence-electron chi connectivity index (χ0n) is 14.3. The molecule has 1 aromatic heterocycles. The Morgan fingerprint density at radius 3 is 2.32 bits per heavy atom. The van der Waals surface area contributed by atoms with Crippen molar-refractivity contribution in [1.82, 2.24) is 19.8 Å². The summed E-state index contributed by atoms with van der Waals surface area (Å²) in [5.74, 6) is -0.715. The minimum Gasteiger partial charge on any atom is -0.330 e. The second-order valence-electron chi connectivity index (χ2n) is 6.27. The molecule has 0 atom stereocenters. The van der Waals surface area contributed by atoms with E-state index in [9.17, 15) is 14.4 Å². The number of imide groups is 2. The van der Waals surface area contributed by atoms with E-state index >= 15 is 0 Å². The minimum atomic E-state index is -0.706. The van der Waals surface area contributed by atoms with Gasteiger partial charge in [-0.25, -0.2) is 19.7 Å².